The van der Waals surface area contributed by atoms with E-state index in [2.05, 4.69) is 81.8 Å². The quantitative estimate of drug-likeness (QED) is 0.322. The van der Waals surface area contributed by atoms with E-state index >= 15 is 0 Å². The van der Waals surface area contributed by atoms with Crippen LogP contribution in [0.15, 0.2) is 35.5 Å². The van der Waals surface area contributed by atoms with Gasteiger partial charge in [-0.15, -0.1) is 0 Å². The van der Waals surface area contributed by atoms with Crippen LogP contribution in [0.5, 0.6) is 0 Å². The lowest BCUT2D eigenvalue weighted by molar-refractivity contribution is 0.0303. The standard InChI is InChI=1S/C28H43BrO/c1-18(2)19(3)7-8-20(4)23-11-12-24-22-10-9-21-17-28(29,30)16-15-26(21,5)25(22)13-14-27(23,24)6/h7-10,18-20,23-25,30H,11-17H2,1-6H3/t19-,20+,23+,24-,25-,26-,27+,28-/m0/s1. The molecule has 168 valence electrons. The van der Waals surface area contributed by atoms with Crippen molar-refractivity contribution in [3.05, 3.63) is 35.5 Å². The number of hydrogen-bond donors (Lipinski definition) is 1. The predicted molar refractivity (Wildman–Crippen MR) is 131 cm³/mol. The van der Waals surface area contributed by atoms with Gasteiger partial charge in [0.2, 0.25) is 0 Å². The molecule has 0 heterocycles. The van der Waals surface area contributed by atoms with E-state index in [0.717, 1.165) is 37.0 Å². The second-order valence-corrected chi connectivity index (χ2v) is 13.5. The van der Waals surface area contributed by atoms with Crippen LogP contribution in [-0.4, -0.2) is 9.62 Å². The largest absolute Gasteiger partial charge is 0.379 e. The number of allylic oxidation sites excluding steroid dienone is 5. The molecule has 4 rings (SSSR count). The lowest BCUT2D eigenvalue weighted by Gasteiger charge is -2.55. The number of alkyl halides is 1. The molecule has 4 aliphatic rings. The molecule has 2 heteroatoms. The third kappa shape index (κ3) is 3.72. The van der Waals surface area contributed by atoms with Crippen LogP contribution in [0.4, 0.5) is 0 Å². The second kappa shape index (κ2) is 7.91. The summed E-state index contributed by atoms with van der Waals surface area (Å²) in [5.74, 6) is 4.29. The molecule has 0 amide bonds. The van der Waals surface area contributed by atoms with Gasteiger partial charge >= 0.3 is 0 Å². The molecule has 0 aromatic rings. The van der Waals surface area contributed by atoms with Gasteiger partial charge in [0.15, 0.2) is 0 Å². The zero-order valence-electron chi connectivity index (χ0n) is 20.0. The summed E-state index contributed by atoms with van der Waals surface area (Å²) in [6, 6.07) is 0. The number of halogens is 1. The molecule has 4 aliphatic carbocycles. The van der Waals surface area contributed by atoms with E-state index < -0.39 is 4.51 Å². The molecule has 30 heavy (non-hydrogen) atoms. The molecule has 0 bridgehead atoms. The normalized spacial score (nSPS) is 45.4. The van der Waals surface area contributed by atoms with Crippen LogP contribution in [0.1, 0.15) is 86.5 Å². The van der Waals surface area contributed by atoms with E-state index in [1.54, 1.807) is 5.57 Å². The highest BCUT2D eigenvalue weighted by atomic mass is 79.9. The van der Waals surface area contributed by atoms with Crippen LogP contribution < -0.4 is 0 Å². The smallest absolute Gasteiger partial charge is 0.123 e. The molecule has 1 N–H and O–H groups in total. The summed E-state index contributed by atoms with van der Waals surface area (Å²) in [7, 11) is 0. The van der Waals surface area contributed by atoms with E-state index in [0.29, 0.717) is 23.2 Å². The molecule has 0 aliphatic heterocycles. The van der Waals surface area contributed by atoms with Gasteiger partial charge in [0.1, 0.15) is 4.51 Å². The predicted octanol–water partition coefficient (Wildman–Crippen LogP) is 8.05. The van der Waals surface area contributed by atoms with Crippen molar-refractivity contribution in [2.24, 2.45) is 46.3 Å². The summed E-state index contributed by atoms with van der Waals surface area (Å²) in [4.78, 5) is 0. The minimum atomic E-state index is -0.694. The van der Waals surface area contributed by atoms with Gasteiger partial charge in [-0.2, -0.15) is 0 Å². The van der Waals surface area contributed by atoms with Crippen LogP contribution >= 0.6 is 15.9 Å². The Morgan fingerprint density at radius 2 is 1.70 bits per heavy atom. The zero-order valence-corrected chi connectivity index (χ0v) is 21.6. The SMILES string of the molecule is CC(C)[C@@H](C)C=C[C@@H](C)[C@H]1CC[C@H]2C3=CC=C4C[C@](O)(Br)CC[C@]4(C)[C@H]3CC[C@]12C. The molecule has 0 aromatic carbocycles. The lowest BCUT2D eigenvalue weighted by Crippen LogP contribution is -2.47. The van der Waals surface area contributed by atoms with Crippen LogP contribution in [0.3, 0.4) is 0 Å². The zero-order chi connectivity index (χ0) is 21.9. The van der Waals surface area contributed by atoms with Crippen molar-refractivity contribution in [2.45, 2.75) is 91.0 Å². The number of hydrogen-bond acceptors (Lipinski definition) is 1. The lowest BCUT2D eigenvalue weighted by atomic mass is 9.50. The molecule has 0 unspecified atom stereocenters. The molecule has 0 aromatic heterocycles. The van der Waals surface area contributed by atoms with Gasteiger partial charge in [0.05, 0.1) is 0 Å². The van der Waals surface area contributed by atoms with Gasteiger partial charge in [0.25, 0.3) is 0 Å². The Balaban J connectivity index is 1.58. The van der Waals surface area contributed by atoms with Crippen LogP contribution in [-0.2, 0) is 0 Å². The Labute approximate surface area is 193 Å². The Morgan fingerprint density at radius 1 is 0.967 bits per heavy atom. The van der Waals surface area contributed by atoms with E-state index in [1.807, 2.05) is 0 Å². The average molecular weight is 476 g/mol. The van der Waals surface area contributed by atoms with Gasteiger partial charge in [0, 0.05) is 6.42 Å². The highest BCUT2D eigenvalue weighted by molar-refractivity contribution is 9.10. The van der Waals surface area contributed by atoms with Gasteiger partial charge in [-0.3, -0.25) is 0 Å². The summed E-state index contributed by atoms with van der Waals surface area (Å²) in [6.07, 6.45) is 18.1. The Hall–Kier alpha value is -0.340. The van der Waals surface area contributed by atoms with Gasteiger partial charge in [-0.05, 0) is 84.9 Å². The molecular weight excluding hydrogens is 432 g/mol. The first-order chi connectivity index (χ1) is 14.0. The molecule has 3 fully saturated rings. The van der Waals surface area contributed by atoms with E-state index in [9.17, 15) is 5.11 Å². The highest BCUT2D eigenvalue weighted by Crippen LogP contribution is 2.66. The van der Waals surface area contributed by atoms with Crippen molar-refractivity contribution in [1.29, 1.82) is 0 Å². The molecule has 0 saturated heterocycles. The maximum absolute atomic E-state index is 10.6. The maximum atomic E-state index is 10.6. The van der Waals surface area contributed by atoms with Gasteiger partial charge in [-0.1, -0.05) is 92.9 Å². The Kier molecular flexibility index (Phi) is 6.02. The summed E-state index contributed by atoms with van der Waals surface area (Å²) in [6.45, 7) is 14.6. The number of rotatable bonds is 4. The summed E-state index contributed by atoms with van der Waals surface area (Å²) in [5, 5.41) is 10.6. The van der Waals surface area contributed by atoms with Crippen molar-refractivity contribution in [1.82, 2.24) is 0 Å². The van der Waals surface area contributed by atoms with Crippen molar-refractivity contribution in [3.8, 4) is 0 Å². The topological polar surface area (TPSA) is 20.2 Å². The van der Waals surface area contributed by atoms with Gasteiger partial charge in [-0.25, -0.2) is 0 Å². The van der Waals surface area contributed by atoms with Gasteiger partial charge < -0.3 is 5.11 Å². The molecule has 3 saturated carbocycles. The number of fused-ring (bicyclic) bond motifs is 5. The van der Waals surface area contributed by atoms with Crippen LogP contribution in [0.2, 0.25) is 0 Å². The fourth-order valence-electron chi connectivity index (χ4n) is 7.56. The first kappa shape index (κ1) is 22.8. The highest BCUT2D eigenvalue weighted by Gasteiger charge is 2.57. The van der Waals surface area contributed by atoms with E-state index in [1.165, 1.54) is 31.3 Å². The number of aliphatic hydroxyl groups is 1. The third-order valence-electron chi connectivity index (χ3n) is 10.1. The third-order valence-corrected chi connectivity index (χ3v) is 10.7. The maximum Gasteiger partial charge on any atom is 0.123 e. The average Bonchev–Trinajstić information content (AvgIpc) is 3.03. The fourth-order valence-corrected chi connectivity index (χ4v) is 8.06. The molecular formula is C28H43BrO. The second-order valence-electron chi connectivity index (χ2n) is 12.1. The summed E-state index contributed by atoms with van der Waals surface area (Å²) >= 11 is 3.57. The van der Waals surface area contributed by atoms with Crippen molar-refractivity contribution in [3.63, 3.8) is 0 Å². The van der Waals surface area contributed by atoms with E-state index in [-0.39, 0.29) is 5.41 Å². The molecule has 0 spiro atoms. The molecule has 1 nitrogen and oxygen atoms in total. The Bertz CT molecular complexity index is 759. The molecule has 8 atom stereocenters. The summed E-state index contributed by atoms with van der Waals surface area (Å²) in [5.41, 5.74) is 3.92. The Morgan fingerprint density at radius 3 is 2.40 bits per heavy atom. The first-order valence-corrected chi connectivity index (χ1v) is 13.3. The minimum absolute atomic E-state index is 0.252. The van der Waals surface area contributed by atoms with Crippen LogP contribution in [0.25, 0.3) is 0 Å². The van der Waals surface area contributed by atoms with E-state index in [4.69, 9.17) is 0 Å². The van der Waals surface area contributed by atoms with Crippen LogP contribution in [0, 0.1) is 46.3 Å². The van der Waals surface area contributed by atoms with Crippen molar-refractivity contribution < 1.29 is 5.11 Å². The molecule has 0 radical (unpaired) electrons. The minimum Gasteiger partial charge on any atom is -0.379 e. The summed E-state index contributed by atoms with van der Waals surface area (Å²) < 4.78 is -0.694. The van der Waals surface area contributed by atoms with Crippen molar-refractivity contribution in [2.75, 3.05) is 0 Å². The van der Waals surface area contributed by atoms with Crippen molar-refractivity contribution >= 4 is 15.9 Å². The first-order valence-electron chi connectivity index (χ1n) is 12.5. The fraction of sp³-hybridized carbons (Fsp3) is 0.786. The monoisotopic (exact) mass is 474 g/mol.